The molecule has 0 aliphatic carbocycles. The molecule has 0 unspecified atom stereocenters. The number of H-pyrrole nitrogens is 1. The molecule has 1 heterocycles. The van der Waals surface area contributed by atoms with E-state index in [1.807, 2.05) is 0 Å². The maximum Gasteiger partial charge on any atom is 0.289 e. The van der Waals surface area contributed by atoms with E-state index < -0.39 is 5.91 Å². The van der Waals surface area contributed by atoms with Crippen molar-refractivity contribution in [1.29, 1.82) is 0 Å². The number of carbonyl (C=O) groups is 1. The van der Waals surface area contributed by atoms with Gasteiger partial charge < -0.3 is 9.47 Å². The number of benzene rings is 2. The van der Waals surface area contributed by atoms with Gasteiger partial charge in [0.15, 0.2) is 0 Å². The summed E-state index contributed by atoms with van der Waals surface area (Å²) in [6, 6.07) is 12.6. The van der Waals surface area contributed by atoms with Gasteiger partial charge in [0.05, 0.1) is 26.1 Å². The van der Waals surface area contributed by atoms with Crippen LogP contribution in [0.25, 0.3) is 11.3 Å². The van der Waals surface area contributed by atoms with Crippen LogP contribution in [0.4, 0.5) is 4.39 Å². The fourth-order valence-electron chi connectivity index (χ4n) is 2.35. The van der Waals surface area contributed by atoms with E-state index in [0.29, 0.717) is 28.3 Å². The molecule has 1 amide bonds. The number of halogens is 1. The maximum atomic E-state index is 13.0. The number of aromatic nitrogens is 2. The van der Waals surface area contributed by atoms with Crippen molar-refractivity contribution in [3.05, 3.63) is 65.6 Å². The molecule has 27 heavy (non-hydrogen) atoms. The molecular formula is C19H17FN4O3. The molecule has 2 aromatic carbocycles. The minimum absolute atomic E-state index is 0.230. The maximum absolute atomic E-state index is 13.0. The van der Waals surface area contributed by atoms with E-state index in [1.165, 1.54) is 25.5 Å². The van der Waals surface area contributed by atoms with Crippen molar-refractivity contribution >= 4 is 12.1 Å². The molecule has 3 rings (SSSR count). The lowest BCUT2D eigenvalue weighted by Crippen LogP contribution is -2.18. The Morgan fingerprint density at radius 3 is 2.63 bits per heavy atom. The lowest BCUT2D eigenvalue weighted by molar-refractivity contribution is 0.0950. The Balaban J connectivity index is 1.68. The first-order valence-electron chi connectivity index (χ1n) is 7.97. The van der Waals surface area contributed by atoms with Gasteiger partial charge in [0.1, 0.15) is 23.0 Å². The van der Waals surface area contributed by atoms with Crippen LogP contribution < -0.4 is 14.9 Å². The molecule has 1 aromatic heterocycles. The highest BCUT2D eigenvalue weighted by Gasteiger charge is 2.10. The minimum atomic E-state index is -0.459. The summed E-state index contributed by atoms with van der Waals surface area (Å²) in [5.74, 6) is 0.418. The first kappa shape index (κ1) is 18.1. The van der Waals surface area contributed by atoms with Gasteiger partial charge >= 0.3 is 0 Å². The molecule has 8 heteroatoms. The number of carbonyl (C=O) groups excluding carboxylic acids is 1. The van der Waals surface area contributed by atoms with Gasteiger partial charge in [0.2, 0.25) is 0 Å². The summed E-state index contributed by atoms with van der Waals surface area (Å²) in [5.41, 5.74) is 4.54. The Morgan fingerprint density at radius 1 is 1.15 bits per heavy atom. The van der Waals surface area contributed by atoms with E-state index in [1.54, 1.807) is 43.5 Å². The quantitative estimate of drug-likeness (QED) is 0.517. The second-order valence-corrected chi connectivity index (χ2v) is 5.48. The van der Waals surface area contributed by atoms with Crippen molar-refractivity contribution in [3.63, 3.8) is 0 Å². The molecule has 0 bridgehead atoms. The molecule has 0 atom stereocenters. The SMILES string of the molecule is COc1ccc(C=NNC(=O)c2cc(-c3ccc(F)cc3)n[nH]2)c(OC)c1. The number of nitrogens with one attached hydrogen (secondary N) is 2. The predicted molar refractivity (Wildman–Crippen MR) is 98.6 cm³/mol. The van der Waals surface area contributed by atoms with Gasteiger partial charge in [0.25, 0.3) is 5.91 Å². The second kappa shape index (κ2) is 8.13. The van der Waals surface area contributed by atoms with Crippen LogP contribution in [0, 0.1) is 5.82 Å². The Bertz CT molecular complexity index is 967. The highest BCUT2D eigenvalue weighted by molar-refractivity contribution is 5.94. The van der Waals surface area contributed by atoms with Gasteiger partial charge in [-0.25, -0.2) is 9.82 Å². The summed E-state index contributed by atoms with van der Waals surface area (Å²) >= 11 is 0. The normalized spacial score (nSPS) is 10.8. The third kappa shape index (κ3) is 4.30. The predicted octanol–water partition coefficient (Wildman–Crippen LogP) is 3.00. The molecule has 2 N–H and O–H groups in total. The number of rotatable bonds is 6. The molecule has 0 saturated carbocycles. The zero-order chi connectivity index (χ0) is 19.2. The smallest absolute Gasteiger partial charge is 0.289 e. The number of hydrazone groups is 1. The molecule has 0 saturated heterocycles. The van der Waals surface area contributed by atoms with Crippen molar-refractivity contribution in [2.45, 2.75) is 0 Å². The van der Waals surface area contributed by atoms with Gasteiger partial charge in [-0.2, -0.15) is 10.2 Å². The number of methoxy groups -OCH3 is 2. The van der Waals surface area contributed by atoms with Crippen LogP contribution in [0.2, 0.25) is 0 Å². The van der Waals surface area contributed by atoms with Crippen LogP contribution in [0.5, 0.6) is 11.5 Å². The number of aromatic amines is 1. The minimum Gasteiger partial charge on any atom is -0.497 e. The van der Waals surface area contributed by atoms with Crippen LogP contribution in [0.3, 0.4) is 0 Å². The number of hydrogen-bond acceptors (Lipinski definition) is 5. The summed E-state index contributed by atoms with van der Waals surface area (Å²) in [7, 11) is 3.10. The first-order chi connectivity index (χ1) is 13.1. The molecule has 7 nitrogen and oxygen atoms in total. The summed E-state index contributed by atoms with van der Waals surface area (Å²) < 4.78 is 23.4. The zero-order valence-electron chi connectivity index (χ0n) is 14.7. The Kier molecular flexibility index (Phi) is 5.46. The third-order valence-electron chi connectivity index (χ3n) is 3.77. The fourth-order valence-corrected chi connectivity index (χ4v) is 2.35. The molecular weight excluding hydrogens is 351 g/mol. The lowest BCUT2D eigenvalue weighted by Gasteiger charge is -2.06. The van der Waals surface area contributed by atoms with Gasteiger partial charge in [0, 0.05) is 17.2 Å². The number of nitrogens with zero attached hydrogens (tertiary/aromatic N) is 2. The number of amides is 1. The molecule has 0 radical (unpaired) electrons. The molecule has 0 spiro atoms. The second-order valence-electron chi connectivity index (χ2n) is 5.48. The topological polar surface area (TPSA) is 88.6 Å². The number of hydrogen-bond donors (Lipinski definition) is 2. The van der Waals surface area contributed by atoms with E-state index in [4.69, 9.17) is 9.47 Å². The Labute approximate surface area is 154 Å². The van der Waals surface area contributed by atoms with E-state index in [9.17, 15) is 9.18 Å². The Hall–Kier alpha value is -3.68. The molecule has 0 aliphatic rings. The van der Waals surface area contributed by atoms with Gasteiger partial charge in [-0.3, -0.25) is 9.89 Å². The molecule has 0 aliphatic heterocycles. The monoisotopic (exact) mass is 368 g/mol. The number of ether oxygens (including phenoxy) is 2. The third-order valence-corrected chi connectivity index (χ3v) is 3.77. The average Bonchev–Trinajstić information content (AvgIpc) is 3.19. The standard InChI is InChI=1S/C19H17FN4O3/c1-26-15-8-5-13(18(9-15)27-2)11-21-24-19(25)17-10-16(22-23-17)12-3-6-14(20)7-4-12/h3-11H,1-2H3,(H,22,23)(H,24,25). The van der Waals surface area contributed by atoms with Gasteiger partial charge in [-0.15, -0.1) is 0 Å². The first-order valence-corrected chi connectivity index (χ1v) is 7.97. The van der Waals surface area contributed by atoms with Crippen molar-refractivity contribution in [1.82, 2.24) is 15.6 Å². The van der Waals surface area contributed by atoms with Crippen molar-refractivity contribution < 1.29 is 18.7 Å². The molecule has 3 aromatic rings. The van der Waals surface area contributed by atoms with Gasteiger partial charge in [-0.05, 0) is 42.5 Å². The van der Waals surface area contributed by atoms with Crippen LogP contribution in [-0.4, -0.2) is 36.5 Å². The summed E-state index contributed by atoms with van der Waals surface area (Å²) in [4.78, 5) is 12.2. The highest BCUT2D eigenvalue weighted by atomic mass is 19.1. The van der Waals surface area contributed by atoms with Crippen molar-refractivity contribution in [3.8, 4) is 22.8 Å². The summed E-state index contributed by atoms with van der Waals surface area (Å²) in [5, 5.41) is 10.6. The zero-order valence-corrected chi connectivity index (χ0v) is 14.7. The lowest BCUT2D eigenvalue weighted by atomic mass is 10.1. The largest absolute Gasteiger partial charge is 0.497 e. The average molecular weight is 368 g/mol. The van der Waals surface area contributed by atoms with Crippen LogP contribution in [0.1, 0.15) is 16.1 Å². The van der Waals surface area contributed by atoms with Crippen LogP contribution >= 0.6 is 0 Å². The van der Waals surface area contributed by atoms with Crippen molar-refractivity contribution in [2.24, 2.45) is 5.10 Å². The van der Waals surface area contributed by atoms with Crippen LogP contribution in [-0.2, 0) is 0 Å². The van der Waals surface area contributed by atoms with Crippen LogP contribution in [0.15, 0.2) is 53.6 Å². The van der Waals surface area contributed by atoms with E-state index in [2.05, 4.69) is 20.7 Å². The van der Waals surface area contributed by atoms with E-state index in [0.717, 1.165) is 0 Å². The Morgan fingerprint density at radius 2 is 1.93 bits per heavy atom. The van der Waals surface area contributed by atoms with Crippen molar-refractivity contribution in [2.75, 3.05) is 14.2 Å². The van der Waals surface area contributed by atoms with E-state index >= 15 is 0 Å². The van der Waals surface area contributed by atoms with Gasteiger partial charge in [-0.1, -0.05) is 0 Å². The highest BCUT2D eigenvalue weighted by Crippen LogP contribution is 2.23. The fraction of sp³-hybridized carbons (Fsp3) is 0.105. The molecule has 0 fully saturated rings. The summed E-state index contributed by atoms with van der Waals surface area (Å²) in [6.07, 6.45) is 1.47. The molecule has 138 valence electrons. The summed E-state index contributed by atoms with van der Waals surface area (Å²) in [6.45, 7) is 0. The van der Waals surface area contributed by atoms with E-state index in [-0.39, 0.29) is 11.5 Å².